The lowest BCUT2D eigenvalue weighted by Crippen LogP contribution is -2.37. The molecule has 0 radical (unpaired) electrons. The highest BCUT2D eigenvalue weighted by Crippen LogP contribution is 2.46. The zero-order chi connectivity index (χ0) is 17.3. The Morgan fingerprint density at radius 2 is 2.00 bits per heavy atom. The third-order valence-electron chi connectivity index (χ3n) is 3.98. The number of aryl methyl sites for hydroxylation is 1. The Morgan fingerprint density at radius 3 is 2.62 bits per heavy atom. The molecule has 0 amide bonds. The minimum absolute atomic E-state index is 0.134. The van der Waals surface area contributed by atoms with Gasteiger partial charge < -0.3 is 22.4 Å². The van der Waals surface area contributed by atoms with Gasteiger partial charge in [0.1, 0.15) is 11.6 Å². The van der Waals surface area contributed by atoms with Crippen LogP contribution < -0.4 is 14.9 Å². The second-order valence-corrected chi connectivity index (χ2v) is 5.79. The van der Waals surface area contributed by atoms with Gasteiger partial charge in [0.15, 0.2) is 5.88 Å². The van der Waals surface area contributed by atoms with Gasteiger partial charge in [-0.3, -0.25) is 4.98 Å². The molecule has 2 heterocycles. The van der Waals surface area contributed by atoms with Crippen LogP contribution in [0.25, 0.3) is 0 Å². The fourth-order valence-electron chi connectivity index (χ4n) is 2.51. The van der Waals surface area contributed by atoms with Crippen LogP contribution in [0.5, 0.6) is 11.6 Å². The van der Waals surface area contributed by atoms with Crippen molar-refractivity contribution >= 4 is 12.4 Å². The van der Waals surface area contributed by atoms with E-state index in [0.29, 0.717) is 5.75 Å². The minimum Gasteiger partial charge on any atom is -0.495 e. The number of ether oxygens (including phenoxy) is 2. The van der Waals surface area contributed by atoms with E-state index in [-0.39, 0.29) is 30.1 Å². The predicted octanol–water partition coefficient (Wildman–Crippen LogP) is 2.43. The van der Waals surface area contributed by atoms with Crippen molar-refractivity contribution in [3.8, 4) is 11.6 Å². The maximum Gasteiger partial charge on any atom is 0.516 e. The SMILES string of the molecule is COc1ccc([C@H]2C[C@@H]2COc2nc(C)ncc2[B-](F)(F)F)nc1. The molecule has 0 unspecified atom stereocenters. The third kappa shape index (κ3) is 3.60. The van der Waals surface area contributed by atoms with Gasteiger partial charge in [0.2, 0.25) is 0 Å². The van der Waals surface area contributed by atoms with Gasteiger partial charge in [0, 0.05) is 23.7 Å². The maximum atomic E-state index is 13.0. The van der Waals surface area contributed by atoms with E-state index in [0.717, 1.165) is 18.3 Å². The van der Waals surface area contributed by atoms with Gasteiger partial charge in [-0.15, -0.1) is 0 Å². The monoisotopic (exact) mass is 338 g/mol. The lowest BCUT2D eigenvalue weighted by atomic mass is 9.82. The molecule has 0 aromatic carbocycles. The van der Waals surface area contributed by atoms with Gasteiger partial charge in [-0.1, -0.05) is 0 Å². The van der Waals surface area contributed by atoms with Crippen molar-refractivity contribution in [2.75, 3.05) is 13.7 Å². The molecule has 0 saturated heterocycles. The predicted molar refractivity (Wildman–Crippen MR) is 82.6 cm³/mol. The standard InChI is InChI=1S/C15H16BF3N3O2/c1-9-20-7-13(16(17,18)19)15(22-9)24-8-10-5-12(10)14-4-3-11(23-2)6-21-14/h3-4,6-7,10,12H,5,8H2,1-2H3/q-1/t10-,12+/m1/s1. The first-order valence-corrected chi connectivity index (χ1v) is 7.54. The van der Waals surface area contributed by atoms with Crippen LogP contribution in [0.15, 0.2) is 24.5 Å². The van der Waals surface area contributed by atoms with Crippen LogP contribution in [0.4, 0.5) is 12.9 Å². The molecule has 1 saturated carbocycles. The molecule has 1 fully saturated rings. The van der Waals surface area contributed by atoms with Gasteiger partial charge in [0.25, 0.3) is 0 Å². The Kier molecular flexibility index (Phi) is 4.34. The van der Waals surface area contributed by atoms with Gasteiger partial charge in [-0.05, 0) is 30.9 Å². The van der Waals surface area contributed by atoms with E-state index in [2.05, 4.69) is 15.0 Å². The second-order valence-electron chi connectivity index (χ2n) is 5.79. The lowest BCUT2D eigenvalue weighted by molar-refractivity contribution is 0.285. The highest BCUT2D eigenvalue weighted by molar-refractivity contribution is 6.74. The molecule has 2 aromatic rings. The molecule has 9 heteroatoms. The Hall–Kier alpha value is -2.32. The van der Waals surface area contributed by atoms with E-state index in [4.69, 9.17) is 9.47 Å². The topological polar surface area (TPSA) is 57.1 Å². The van der Waals surface area contributed by atoms with E-state index in [1.165, 1.54) is 6.92 Å². The summed E-state index contributed by atoms with van der Waals surface area (Å²) in [6.07, 6.45) is 3.24. The molecule has 0 spiro atoms. The number of rotatable bonds is 6. The van der Waals surface area contributed by atoms with E-state index in [9.17, 15) is 12.9 Å². The fourth-order valence-corrected chi connectivity index (χ4v) is 2.51. The zero-order valence-corrected chi connectivity index (χ0v) is 13.2. The minimum atomic E-state index is -5.21. The summed E-state index contributed by atoms with van der Waals surface area (Å²) >= 11 is 0. The number of nitrogens with zero attached hydrogens (tertiary/aromatic N) is 3. The normalized spacial score (nSPS) is 19.9. The molecule has 0 bridgehead atoms. The van der Waals surface area contributed by atoms with Crippen LogP contribution in [0, 0.1) is 12.8 Å². The molecule has 0 aliphatic heterocycles. The molecule has 24 heavy (non-hydrogen) atoms. The molecule has 1 aliphatic rings. The summed E-state index contributed by atoms with van der Waals surface area (Å²) in [4.78, 5) is 11.7. The Labute approximate surface area is 137 Å². The van der Waals surface area contributed by atoms with Crippen LogP contribution in [0.2, 0.25) is 0 Å². The smallest absolute Gasteiger partial charge is 0.495 e. The average Bonchev–Trinajstić information content (AvgIpc) is 3.31. The molecule has 0 N–H and O–H groups in total. The van der Waals surface area contributed by atoms with E-state index >= 15 is 0 Å². The van der Waals surface area contributed by atoms with E-state index < -0.39 is 12.4 Å². The van der Waals surface area contributed by atoms with Crippen molar-refractivity contribution in [3.05, 3.63) is 36.0 Å². The van der Waals surface area contributed by atoms with Crippen molar-refractivity contribution in [2.24, 2.45) is 5.92 Å². The largest absolute Gasteiger partial charge is 0.516 e. The molecule has 3 rings (SSSR count). The van der Waals surface area contributed by atoms with Crippen molar-refractivity contribution in [2.45, 2.75) is 19.3 Å². The molecule has 5 nitrogen and oxygen atoms in total. The fraction of sp³-hybridized carbons (Fsp3) is 0.400. The number of hydrogen-bond acceptors (Lipinski definition) is 5. The second kappa shape index (κ2) is 6.29. The van der Waals surface area contributed by atoms with Crippen LogP contribution in [0.1, 0.15) is 23.9 Å². The zero-order valence-electron chi connectivity index (χ0n) is 13.2. The van der Waals surface area contributed by atoms with Crippen molar-refractivity contribution in [3.63, 3.8) is 0 Å². The molecule has 128 valence electrons. The number of halogens is 3. The first-order valence-electron chi connectivity index (χ1n) is 7.54. The van der Waals surface area contributed by atoms with Crippen LogP contribution in [-0.4, -0.2) is 35.6 Å². The van der Waals surface area contributed by atoms with Gasteiger partial charge in [-0.2, -0.15) is 0 Å². The van der Waals surface area contributed by atoms with Gasteiger partial charge >= 0.3 is 6.98 Å². The summed E-state index contributed by atoms with van der Waals surface area (Å²) in [6.45, 7) is -3.50. The highest BCUT2D eigenvalue weighted by Gasteiger charge is 2.40. The molecule has 2 aromatic heterocycles. The average molecular weight is 338 g/mol. The first kappa shape index (κ1) is 16.5. The quantitative estimate of drug-likeness (QED) is 0.757. The Morgan fingerprint density at radius 1 is 1.21 bits per heavy atom. The van der Waals surface area contributed by atoms with Crippen molar-refractivity contribution < 1.29 is 22.4 Å². The Balaban J connectivity index is 1.64. The Bertz CT molecular complexity index is 725. The maximum absolute atomic E-state index is 13.0. The molecule has 1 aliphatic carbocycles. The van der Waals surface area contributed by atoms with E-state index in [1.807, 2.05) is 12.1 Å². The molecular weight excluding hydrogens is 322 g/mol. The molecular formula is C15H16BF3N3O2-. The van der Waals surface area contributed by atoms with E-state index in [1.54, 1.807) is 13.3 Å². The summed E-state index contributed by atoms with van der Waals surface area (Å²) in [5.41, 5.74) is 0.00361. The van der Waals surface area contributed by atoms with Crippen molar-refractivity contribution in [1.29, 1.82) is 0 Å². The van der Waals surface area contributed by atoms with Gasteiger partial charge in [-0.25, -0.2) is 9.97 Å². The summed E-state index contributed by atoms with van der Waals surface area (Å²) in [5.74, 6) is 0.857. The lowest BCUT2D eigenvalue weighted by Gasteiger charge is -2.18. The first-order chi connectivity index (χ1) is 11.4. The summed E-state index contributed by atoms with van der Waals surface area (Å²) in [6, 6.07) is 3.68. The summed E-state index contributed by atoms with van der Waals surface area (Å²) in [7, 11) is 1.56. The van der Waals surface area contributed by atoms with Crippen LogP contribution >= 0.6 is 0 Å². The van der Waals surface area contributed by atoms with Crippen LogP contribution in [0.3, 0.4) is 0 Å². The third-order valence-corrected chi connectivity index (χ3v) is 3.98. The van der Waals surface area contributed by atoms with Gasteiger partial charge in [0.05, 0.1) is 19.9 Å². The number of methoxy groups -OCH3 is 1. The summed E-state index contributed by atoms with van der Waals surface area (Å²) in [5, 5.41) is 0. The summed E-state index contributed by atoms with van der Waals surface area (Å²) < 4.78 is 49.5. The number of hydrogen-bond donors (Lipinski definition) is 0. The molecule has 2 atom stereocenters. The van der Waals surface area contributed by atoms with Crippen LogP contribution in [-0.2, 0) is 0 Å². The number of pyridine rings is 1. The van der Waals surface area contributed by atoms with Crippen molar-refractivity contribution in [1.82, 2.24) is 15.0 Å². The number of aromatic nitrogens is 3. The highest BCUT2D eigenvalue weighted by atomic mass is 19.4.